The van der Waals surface area contributed by atoms with Crippen LogP contribution < -0.4 is 9.74 Å². The molecule has 1 aliphatic rings. The topological polar surface area (TPSA) is 77.1 Å². The van der Waals surface area contributed by atoms with E-state index in [9.17, 15) is 18.4 Å². The van der Waals surface area contributed by atoms with Crippen molar-refractivity contribution >= 4 is 34.3 Å². The Hall–Kier alpha value is -4.33. The van der Waals surface area contributed by atoms with Crippen molar-refractivity contribution in [3.8, 4) is 5.75 Å². The number of nitrogens with one attached hydrogen (secondary N) is 1. The lowest BCUT2D eigenvalue weighted by atomic mass is 9.85. The van der Waals surface area contributed by atoms with Gasteiger partial charge in [-0.25, -0.2) is 18.5 Å². The smallest absolute Gasteiger partial charge is 0.417 e. The van der Waals surface area contributed by atoms with E-state index < -0.39 is 52.7 Å². The quantitative estimate of drug-likeness (QED) is 0.131. The Kier molecular flexibility index (Phi) is 11.6. The first-order valence-electron chi connectivity index (χ1n) is 17.0. The Bertz CT molecular complexity index is 1730. The van der Waals surface area contributed by atoms with Crippen molar-refractivity contribution in [1.29, 1.82) is 0 Å². The molecule has 0 aromatic heterocycles. The van der Waals surface area contributed by atoms with Crippen molar-refractivity contribution in [3.05, 3.63) is 131 Å². The Morgan fingerprint density at radius 1 is 0.800 bits per heavy atom. The number of benzene rings is 4. The Labute approximate surface area is 295 Å². The summed E-state index contributed by atoms with van der Waals surface area (Å²) in [5.74, 6) is -1.23. The maximum atomic E-state index is 15.0. The molecule has 7 nitrogen and oxygen atoms in total. The summed E-state index contributed by atoms with van der Waals surface area (Å²) in [6, 6.07) is 27.9. The van der Waals surface area contributed by atoms with Gasteiger partial charge < -0.3 is 18.9 Å². The summed E-state index contributed by atoms with van der Waals surface area (Å²) in [6.45, 7) is 12.6. The zero-order valence-electron chi connectivity index (χ0n) is 29.5. The van der Waals surface area contributed by atoms with Crippen molar-refractivity contribution in [2.45, 2.75) is 70.3 Å². The number of hydrogen-bond acceptors (Lipinski definition) is 6. The number of rotatable bonds is 14. The highest BCUT2D eigenvalue weighted by Crippen LogP contribution is 2.39. The highest BCUT2D eigenvalue weighted by atomic mass is 28.4. The first-order chi connectivity index (χ1) is 23.7. The largest absolute Gasteiger partial charge is 0.544 e. The van der Waals surface area contributed by atoms with Gasteiger partial charge in [-0.2, -0.15) is 0 Å². The van der Waals surface area contributed by atoms with Gasteiger partial charge in [-0.15, -0.1) is 0 Å². The van der Waals surface area contributed by atoms with Crippen LogP contribution in [0.15, 0.2) is 103 Å². The van der Waals surface area contributed by atoms with Crippen LogP contribution in [0.4, 0.5) is 19.3 Å². The average molecular weight is 717 g/mol. The van der Waals surface area contributed by atoms with Crippen molar-refractivity contribution in [3.63, 3.8) is 0 Å². The van der Waals surface area contributed by atoms with E-state index in [-0.39, 0.29) is 18.2 Å². The summed E-state index contributed by atoms with van der Waals surface area (Å²) in [4.78, 5) is 29.6. The van der Waals surface area contributed by atoms with Gasteiger partial charge in [0.2, 0.25) is 14.2 Å². The molecule has 2 amide bonds. The van der Waals surface area contributed by atoms with Crippen molar-refractivity contribution in [2.75, 3.05) is 11.9 Å². The lowest BCUT2D eigenvalue weighted by Crippen LogP contribution is -2.42. The zero-order chi connectivity index (χ0) is 36.1. The maximum Gasteiger partial charge on any atom is 0.417 e. The fourth-order valence-electron chi connectivity index (χ4n) is 6.16. The summed E-state index contributed by atoms with van der Waals surface area (Å²) in [6.07, 6.45) is -0.430. The van der Waals surface area contributed by atoms with Gasteiger partial charge in [0.1, 0.15) is 30.0 Å². The Balaban J connectivity index is 1.58. The standard InChI is InChI=1S/C39H46F2N2O5Si2/c1-49(2,3)47-33-22-14-29(15-23-33)37(42-32-20-18-31(41)19-21-32)34(24-25-36(48-50(4,5)6)28-12-16-30(40)17-13-28)38(44)43-35(26-46-39(43)45)27-10-8-7-9-11-27/h7-23,34-37,42H,24-26H2,1-6H3/t34-,35-,36?,37?/m1/s1. The van der Waals surface area contributed by atoms with E-state index in [0.29, 0.717) is 18.5 Å². The third-order valence-corrected chi connectivity index (χ3v) is 10.2. The number of hydrogen-bond donors (Lipinski definition) is 1. The molecular weight excluding hydrogens is 671 g/mol. The molecule has 4 atom stereocenters. The van der Waals surface area contributed by atoms with E-state index in [2.05, 4.69) is 44.6 Å². The number of carbonyl (C=O) groups is 2. The molecule has 2 unspecified atom stereocenters. The van der Waals surface area contributed by atoms with E-state index in [4.69, 9.17) is 13.6 Å². The molecular formula is C39H46F2N2O5Si2. The lowest BCUT2D eigenvalue weighted by Gasteiger charge is -2.34. The van der Waals surface area contributed by atoms with Gasteiger partial charge >= 0.3 is 6.09 Å². The molecule has 0 saturated carbocycles. The van der Waals surface area contributed by atoms with Gasteiger partial charge in [-0.1, -0.05) is 54.6 Å². The molecule has 1 fully saturated rings. The van der Waals surface area contributed by atoms with E-state index in [1.54, 1.807) is 24.3 Å². The van der Waals surface area contributed by atoms with Gasteiger partial charge in [0, 0.05) is 5.69 Å². The predicted molar refractivity (Wildman–Crippen MR) is 197 cm³/mol. The third kappa shape index (κ3) is 9.89. The number of carbonyl (C=O) groups excluding carboxylic acids is 2. The molecule has 1 saturated heterocycles. The SMILES string of the molecule is C[Si](C)(C)Oc1ccc(C(Nc2ccc(F)cc2)[C@@H](CCC(O[Si](C)(C)C)c2ccc(F)cc2)C(=O)N2C(=O)OC[C@@H]2c2ccccc2)cc1. The second-order valence-corrected chi connectivity index (χ2v) is 23.5. The van der Waals surface area contributed by atoms with Crippen LogP contribution in [-0.4, -0.2) is 40.1 Å². The van der Waals surface area contributed by atoms with Crippen molar-refractivity contribution in [2.24, 2.45) is 5.92 Å². The number of cyclic esters (lactones) is 1. The van der Waals surface area contributed by atoms with Gasteiger partial charge in [0.25, 0.3) is 0 Å². The molecule has 0 spiro atoms. The molecule has 0 bridgehead atoms. The molecule has 0 radical (unpaired) electrons. The maximum absolute atomic E-state index is 15.0. The second-order valence-electron chi connectivity index (χ2n) is 14.6. The molecule has 11 heteroatoms. The molecule has 1 heterocycles. The molecule has 264 valence electrons. The van der Waals surface area contributed by atoms with Gasteiger partial charge in [-0.05, 0) is 117 Å². The number of imide groups is 1. The fraction of sp³-hybridized carbons (Fsp3) is 0.333. The van der Waals surface area contributed by atoms with Gasteiger partial charge in [0.05, 0.1) is 18.1 Å². The number of amides is 2. The summed E-state index contributed by atoms with van der Waals surface area (Å²) in [7, 11) is -4.01. The average Bonchev–Trinajstić information content (AvgIpc) is 3.45. The summed E-state index contributed by atoms with van der Waals surface area (Å²) in [5, 5.41) is 3.50. The fourth-order valence-corrected chi connectivity index (χ4v) is 8.12. The highest BCUT2D eigenvalue weighted by Gasteiger charge is 2.44. The molecule has 50 heavy (non-hydrogen) atoms. The van der Waals surface area contributed by atoms with Crippen LogP contribution in [0.3, 0.4) is 0 Å². The first-order valence-corrected chi connectivity index (χ1v) is 23.8. The number of anilines is 1. The van der Waals surface area contributed by atoms with Crippen LogP contribution in [0.1, 0.15) is 47.7 Å². The summed E-state index contributed by atoms with van der Waals surface area (Å²) < 4.78 is 46.3. The molecule has 1 aliphatic heterocycles. The van der Waals surface area contributed by atoms with E-state index in [0.717, 1.165) is 22.4 Å². The lowest BCUT2D eigenvalue weighted by molar-refractivity contribution is -0.134. The monoisotopic (exact) mass is 716 g/mol. The second kappa shape index (κ2) is 15.7. The van der Waals surface area contributed by atoms with E-state index in [1.807, 2.05) is 54.6 Å². The minimum absolute atomic E-state index is 0.0387. The molecule has 5 rings (SSSR count). The normalized spacial score (nSPS) is 16.8. The van der Waals surface area contributed by atoms with Crippen LogP contribution in [0.25, 0.3) is 0 Å². The third-order valence-electron chi connectivity index (χ3n) is 8.32. The summed E-state index contributed by atoms with van der Waals surface area (Å²) in [5.41, 5.74) is 2.98. The van der Waals surface area contributed by atoms with Gasteiger partial charge in [-0.3, -0.25) is 4.79 Å². The minimum Gasteiger partial charge on any atom is -0.544 e. The van der Waals surface area contributed by atoms with E-state index in [1.165, 1.54) is 29.2 Å². The first kappa shape index (κ1) is 36.9. The van der Waals surface area contributed by atoms with Crippen LogP contribution in [-0.2, 0) is 14.0 Å². The molecule has 4 aromatic rings. The highest BCUT2D eigenvalue weighted by molar-refractivity contribution is 6.70. The molecule has 0 aliphatic carbocycles. The number of ether oxygens (including phenoxy) is 1. The van der Waals surface area contributed by atoms with Crippen molar-refractivity contribution in [1.82, 2.24) is 4.90 Å². The zero-order valence-corrected chi connectivity index (χ0v) is 31.5. The van der Waals surface area contributed by atoms with Crippen LogP contribution in [0, 0.1) is 17.6 Å². The number of nitrogens with zero attached hydrogens (tertiary/aromatic N) is 1. The number of halogens is 2. The Morgan fingerprint density at radius 2 is 1.38 bits per heavy atom. The minimum atomic E-state index is -2.12. The van der Waals surface area contributed by atoms with Crippen LogP contribution in [0.2, 0.25) is 39.3 Å². The van der Waals surface area contributed by atoms with Gasteiger partial charge in [0.15, 0.2) is 8.32 Å². The van der Waals surface area contributed by atoms with Crippen LogP contribution >= 0.6 is 0 Å². The van der Waals surface area contributed by atoms with Crippen molar-refractivity contribution < 1.29 is 32.0 Å². The van der Waals surface area contributed by atoms with E-state index >= 15 is 0 Å². The Morgan fingerprint density at radius 3 is 1.96 bits per heavy atom. The molecule has 4 aromatic carbocycles. The van der Waals surface area contributed by atoms with Crippen LogP contribution in [0.5, 0.6) is 5.75 Å². The molecule has 1 N–H and O–H groups in total. The summed E-state index contributed by atoms with van der Waals surface area (Å²) >= 11 is 0. The predicted octanol–water partition coefficient (Wildman–Crippen LogP) is 10.0.